The molecule has 3 N–H and O–H groups in total. The number of likely N-dealkylation sites (tertiary alicyclic amines) is 1. The van der Waals surface area contributed by atoms with Gasteiger partial charge in [-0.3, -0.25) is 19.2 Å². The fourth-order valence-corrected chi connectivity index (χ4v) is 7.41. The Morgan fingerprint density at radius 1 is 1.20 bits per heavy atom. The molecule has 4 amide bonds. The second-order valence-electron chi connectivity index (χ2n) is 11.7. The van der Waals surface area contributed by atoms with Crippen molar-refractivity contribution in [1.29, 1.82) is 5.26 Å². The van der Waals surface area contributed by atoms with Gasteiger partial charge in [0.25, 0.3) is 5.92 Å². The zero-order valence-corrected chi connectivity index (χ0v) is 21.7. The van der Waals surface area contributed by atoms with Crippen molar-refractivity contribution in [3.05, 3.63) is 12.2 Å². The van der Waals surface area contributed by atoms with E-state index in [-0.39, 0.29) is 36.6 Å². The molecule has 0 spiro atoms. The van der Waals surface area contributed by atoms with Crippen LogP contribution in [0.3, 0.4) is 0 Å². The van der Waals surface area contributed by atoms with E-state index in [1.165, 1.54) is 0 Å². The standard InChI is InChI=1S/C27H28F5N5O4/c1-2-25(11-26(28,29)12-25)20(36-24(41)27(30,31)32)23(40)37-10-17-13-3-4-14(7-13)18(17)19(37)22(39)35-16(9-33)8-15-5-6-34-21(15)38/h1,3-4,13-20H,5-8,10-12H2,(H,34,38)(H,35,39)(H,36,41)/t13-,14+,15+,16+,17-,18+,19+,20-/m1/s1. The van der Waals surface area contributed by atoms with Crippen LogP contribution in [0.15, 0.2) is 12.2 Å². The summed E-state index contributed by atoms with van der Waals surface area (Å²) in [5.74, 6) is -7.29. The Labute approximate surface area is 232 Å². The number of carbonyl (C=O) groups excluding carboxylic acids is 4. The second kappa shape index (κ2) is 10.00. The first kappa shape index (κ1) is 28.8. The third-order valence-electron chi connectivity index (χ3n) is 9.27. The van der Waals surface area contributed by atoms with Crippen molar-refractivity contribution in [2.45, 2.75) is 62.3 Å². The minimum absolute atomic E-state index is 0.00936. The van der Waals surface area contributed by atoms with Gasteiger partial charge in [-0.15, -0.1) is 6.42 Å². The van der Waals surface area contributed by atoms with Gasteiger partial charge in [0.1, 0.15) is 18.1 Å². The molecule has 14 heteroatoms. The molecule has 2 aliphatic heterocycles. The molecule has 8 atom stereocenters. The second-order valence-corrected chi connectivity index (χ2v) is 11.7. The van der Waals surface area contributed by atoms with Gasteiger partial charge in [0, 0.05) is 31.8 Å². The molecule has 220 valence electrons. The minimum atomic E-state index is -5.42. The van der Waals surface area contributed by atoms with Crippen LogP contribution in [-0.2, 0) is 19.2 Å². The summed E-state index contributed by atoms with van der Waals surface area (Å²) in [7, 11) is 0. The number of terminal acetylenes is 1. The number of nitriles is 1. The van der Waals surface area contributed by atoms with E-state index >= 15 is 0 Å². The number of nitrogens with one attached hydrogen (secondary N) is 3. The number of halogens is 5. The highest BCUT2D eigenvalue weighted by atomic mass is 19.4. The molecule has 2 saturated carbocycles. The third-order valence-corrected chi connectivity index (χ3v) is 9.27. The SMILES string of the molecule is C#CC1([C@H](NC(=O)C(F)(F)F)C(=O)N2C[C@H]3[C@@H]([C@H]2C(=O)N[C@H](C#N)C[C@@H]2CCNC2=O)[C@H]2C=C[C@@H]3C2)CC(F)(F)C1. The molecule has 0 unspecified atom stereocenters. The summed E-state index contributed by atoms with van der Waals surface area (Å²) in [5, 5.41) is 16.5. The Morgan fingerprint density at radius 2 is 1.88 bits per heavy atom. The monoisotopic (exact) mass is 581 g/mol. The first-order valence-electron chi connectivity index (χ1n) is 13.4. The van der Waals surface area contributed by atoms with Gasteiger partial charge in [-0.25, -0.2) is 8.78 Å². The molecule has 2 bridgehead atoms. The summed E-state index contributed by atoms with van der Waals surface area (Å²) in [4.78, 5) is 52.6. The zero-order valence-electron chi connectivity index (χ0n) is 21.7. The van der Waals surface area contributed by atoms with Crippen molar-refractivity contribution in [3.8, 4) is 18.4 Å². The van der Waals surface area contributed by atoms with Gasteiger partial charge in [-0.1, -0.05) is 18.1 Å². The van der Waals surface area contributed by atoms with Crippen molar-refractivity contribution in [1.82, 2.24) is 20.9 Å². The Kier molecular flexibility index (Phi) is 7.03. The lowest BCUT2D eigenvalue weighted by molar-refractivity contribution is -0.183. The molecule has 5 rings (SSSR count). The molecule has 2 heterocycles. The maximum absolute atomic E-state index is 14.0. The lowest BCUT2D eigenvalue weighted by Gasteiger charge is -2.48. The van der Waals surface area contributed by atoms with Gasteiger partial charge < -0.3 is 20.9 Å². The van der Waals surface area contributed by atoms with Crippen LogP contribution in [0.4, 0.5) is 22.0 Å². The zero-order chi connectivity index (χ0) is 29.9. The van der Waals surface area contributed by atoms with Crippen LogP contribution < -0.4 is 16.0 Å². The number of allylic oxidation sites excluding steroid dienone is 2. The molecule has 3 aliphatic carbocycles. The molecule has 0 aromatic heterocycles. The van der Waals surface area contributed by atoms with Crippen LogP contribution >= 0.6 is 0 Å². The van der Waals surface area contributed by atoms with Crippen LogP contribution in [0, 0.1) is 58.7 Å². The number of nitrogens with zero attached hydrogens (tertiary/aromatic N) is 2. The number of fused-ring (bicyclic) bond motifs is 5. The minimum Gasteiger partial charge on any atom is -0.356 e. The van der Waals surface area contributed by atoms with Gasteiger partial charge in [0.15, 0.2) is 0 Å². The Morgan fingerprint density at radius 3 is 2.44 bits per heavy atom. The van der Waals surface area contributed by atoms with Crippen LogP contribution in [0.5, 0.6) is 0 Å². The summed E-state index contributed by atoms with van der Waals surface area (Å²) in [5.41, 5.74) is -2.09. The van der Waals surface area contributed by atoms with Crippen molar-refractivity contribution >= 4 is 23.6 Å². The highest BCUT2D eigenvalue weighted by Crippen LogP contribution is 2.57. The molecular weight excluding hydrogens is 553 g/mol. The largest absolute Gasteiger partial charge is 0.471 e. The molecule has 2 saturated heterocycles. The van der Waals surface area contributed by atoms with E-state index in [0.717, 1.165) is 4.90 Å². The topological polar surface area (TPSA) is 131 Å². The highest BCUT2D eigenvalue weighted by molar-refractivity contribution is 5.95. The van der Waals surface area contributed by atoms with Gasteiger partial charge in [0.05, 0.1) is 11.5 Å². The van der Waals surface area contributed by atoms with Crippen molar-refractivity contribution in [2.24, 2.45) is 35.0 Å². The lowest BCUT2D eigenvalue weighted by atomic mass is 9.61. The predicted molar refractivity (Wildman–Crippen MR) is 130 cm³/mol. The first-order chi connectivity index (χ1) is 19.2. The molecule has 5 aliphatic rings. The maximum Gasteiger partial charge on any atom is 0.471 e. The third kappa shape index (κ3) is 5.02. The quantitative estimate of drug-likeness (QED) is 0.237. The Hall–Kier alpha value is -3.68. The van der Waals surface area contributed by atoms with E-state index in [1.807, 2.05) is 24.1 Å². The highest BCUT2D eigenvalue weighted by Gasteiger charge is 2.65. The van der Waals surface area contributed by atoms with Crippen molar-refractivity contribution in [2.75, 3.05) is 13.1 Å². The van der Waals surface area contributed by atoms with Crippen molar-refractivity contribution in [3.63, 3.8) is 0 Å². The first-order valence-corrected chi connectivity index (χ1v) is 13.4. The Balaban J connectivity index is 1.44. The molecule has 41 heavy (non-hydrogen) atoms. The number of alkyl halides is 5. The molecule has 9 nitrogen and oxygen atoms in total. The normalized spacial score (nSPS) is 33.5. The van der Waals surface area contributed by atoms with E-state index in [2.05, 4.69) is 10.6 Å². The van der Waals surface area contributed by atoms with Gasteiger partial charge in [-0.2, -0.15) is 18.4 Å². The summed E-state index contributed by atoms with van der Waals surface area (Å²) in [6.45, 7) is 0.367. The summed E-state index contributed by atoms with van der Waals surface area (Å²) < 4.78 is 67.7. The predicted octanol–water partition coefficient (Wildman–Crippen LogP) is 1.27. The number of hydrogen-bond acceptors (Lipinski definition) is 5. The summed E-state index contributed by atoms with van der Waals surface area (Å²) in [6.07, 6.45) is 2.88. The fraction of sp³-hybridized carbons (Fsp3) is 0.667. The molecule has 0 aromatic carbocycles. The van der Waals surface area contributed by atoms with Crippen LogP contribution in [0.2, 0.25) is 0 Å². The van der Waals surface area contributed by atoms with Crippen LogP contribution in [-0.4, -0.2) is 71.8 Å². The van der Waals surface area contributed by atoms with Crippen LogP contribution in [0.25, 0.3) is 0 Å². The number of rotatable bonds is 7. The maximum atomic E-state index is 14.0. The van der Waals surface area contributed by atoms with Crippen molar-refractivity contribution < 1.29 is 41.1 Å². The average Bonchev–Trinajstić information content (AvgIpc) is 3.66. The number of hydrogen-bond donors (Lipinski definition) is 3. The van der Waals surface area contributed by atoms with E-state index < -0.39 is 78.0 Å². The van der Waals surface area contributed by atoms with Gasteiger partial charge in [-0.05, 0) is 42.9 Å². The van der Waals surface area contributed by atoms with E-state index in [1.54, 1.807) is 5.32 Å². The molecule has 0 radical (unpaired) electrons. The molecule has 4 fully saturated rings. The smallest absolute Gasteiger partial charge is 0.356 e. The van der Waals surface area contributed by atoms with E-state index in [4.69, 9.17) is 6.42 Å². The van der Waals surface area contributed by atoms with Crippen LogP contribution in [0.1, 0.15) is 32.1 Å². The molecule has 0 aromatic rings. The molecular formula is C27H28F5N5O4. The van der Waals surface area contributed by atoms with E-state index in [0.29, 0.717) is 19.4 Å². The fourth-order valence-electron chi connectivity index (χ4n) is 7.41. The van der Waals surface area contributed by atoms with Gasteiger partial charge in [0.2, 0.25) is 17.7 Å². The summed E-state index contributed by atoms with van der Waals surface area (Å²) >= 11 is 0. The summed E-state index contributed by atoms with van der Waals surface area (Å²) in [6, 6.07) is -2.55. The Bertz CT molecular complexity index is 1260. The lowest BCUT2D eigenvalue weighted by Crippen LogP contribution is -2.66. The number of amides is 4. The number of carbonyl (C=O) groups is 4. The van der Waals surface area contributed by atoms with E-state index in [9.17, 15) is 46.4 Å². The van der Waals surface area contributed by atoms with Gasteiger partial charge >= 0.3 is 12.1 Å². The average molecular weight is 582 g/mol.